The number of ether oxygens (including phenoxy) is 2. The quantitative estimate of drug-likeness (QED) is 0.443. The van der Waals surface area contributed by atoms with Crippen molar-refractivity contribution < 1.29 is 14.3 Å². The van der Waals surface area contributed by atoms with E-state index in [0.29, 0.717) is 22.4 Å². The van der Waals surface area contributed by atoms with Crippen molar-refractivity contribution in [3.05, 3.63) is 39.4 Å². The lowest BCUT2D eigenvalue weighted by Gasteiger charge is -2.14. The molecule has 0 aliphatic heterocycles. The van der Waals surface area contributed by atoms with Gasteiger partial charge in [0.25, 0.3) is 5.56 Å². The van der Waals surface area contributed by atoms with Crippen molar-refractivity contribution >= 4 is 49.8 Å². The number of thiophene rings is 1. The second-order valence-corrected chi connectivity index (χ2v) is 7.44. The molecule has 2 aromatic heterocycles. The summed E-state index contributed by atoms with van der Waals surface area (Å²) in [6, 6.07) is 7.84. The van der Waals surface area contributed by atoms with Crippen LogP contribution in [-0.4, -0.2) is 42.5 Å². The van der Waals surface area contributed by atoms with Gasteiger partial charge in [0.2, 0.25) is 5.91 Å². The van der Waals surface area contributed by atoms with Crippen LogP contribution in [0.15, 0.2) is 29.1 Å². The van der Waals surface area contributed by atoms with Crippen molar-refractivity contribution in [1.29, 1.82) is 0 Å². The van der Waals surface area contributed by atoms with Gasteiger partial charge in [-0.25, -0.2) is 0 Å². The lowest BCUT2D eigenvalue weighted by Crippen LogP contribution is -2.34. The predicted molar refractivity (Wildman–Crippen MR) is 109 cm³/mol. The van der Waals surface area contributed by atoms with E-state index in [4.69, 9.17) is 21.7 Å². The second kappa shape index (κ2) is 8.75. The summed E-state index contributed by atoms with van der Waals surface area (Å²) in [5.74, 6) is -0.125. The number of nitrogens with zero attached hydrogens (tertiary/aromatic N) is 1. The van der Waals surface area contributed by atoms with Gasteiger partial charge in [-0.05, 0) is 24.7 Å². The average Bonchev–Trinajstić information content (AvgIpc) is 3.04. The summed E-state index contributed by atoms with van der Waals surface area (Å²) in [5.41, 5.74) is 0.666. The van der Waals surface area contributed by atoms with E-state index in [0.717, 1.165) is 15.6 Å². The zero-order chi connectivity index (χ0) is 19.4. The van der Waals surface area contributed by atoms with E-state index in [9.17, 15) is 9.59 Å². The Bertz CT molecular complexity index is 1070. The van der Waals surface area contributed by atoms with Crippen LogP contribution < -0.4 is 10.9 Å². The van der Waals surface area contributed by atoms with Gasteiger partial charge in [-0.15, -0.1) is 11.3 Å². The lowest BCUT2D eigenvalue weighted by atomic mass is 10.2. The molecule has 9 heteroatoms. The third-order valence-electron chi connectivity index (χ3n) is 4.29. The molecule has 0 fully saturated rings. The Balaban J connectivity index is 1.70. The van der Waals surface area contributed by atoms with E-state index >= 15 is 0 Å². The van der Waals surface area contributed by atoms with Gasteiger partial charge in [-0.3, -0.25) is 14.2 Å². The molecular formula is C18H21N3O4S2. The summed E-state index contributed by atoms with van der Waals surface area (Å²) in [7, 11) is 3.02. The number of carbonyl (C=O) groups is 1. The van der Waals surface area contributed by atoms with E-state index in [1.807, 2.05) is 24.3 Å². The third-order valence-corrected chi connectivity index (χ3v) is 5.77. The summed E-state index contributed by atoms with van der Waals surface area (Å²) >= 11 is 6.82. The first-order valence-corrected chi connectivity index (χ1v) is 9.74. The number of carbonyl (C=O) groups excluding carboxylic acids is 1. The van der Waals surface area contributed by atoms with Crippen molar-refractivity contribution in [1.82, 2.24) is 14.9 Å². The van der Waals surface area contributed by atoms with Crippen LogP contribution in [0.4, 0.5) is 0 Å². The lowest BCUT2D eigenvalue weighted by molar-refractivity contribution is -0.127. The highest BCUT2D eigenvalue weighted by molar-refractivity contribution is 7.71. The van der Waals surface area contributed by atoms with E-state index in [2.05, 4.69) is 10.3 Å². The molecule has 0 atom stereocenters. The molecule has 0 bridgehead atoms. The van der Waals surface area contributed by atoms with E-state index in [1.165, 1.54) is 30.1 Å². The molecule has 3 aromatic rings. The fraction of sp³-hybridized carbons (Fsp3) is 0.389. The fourth-order valence-electron chi connectivity index (χ4n) is 2.86. The molecular weight excluding hydrogens is 386 g/mol. The molecule has 7 nitrogen and oxygen atoms in total. The Morgan fingerprint density at radius 1 is 1.33 bits per heavy atom. The summed E-state index contributed by atoms with van der Waals surface area (Å²) in [5, 5.41) is 3.74. The van der Waals surface area contributed by atoms with Gasteiger partial charge < -0.3 is 19.8 Å². The summed E-state index contributed by atoms with van der Waals surface area (Å²) in [6.07, 6.45) is 0.316. The van der Waals surface area contributed by atoms with E-state index < -0.39 is 6.29 Å². The van der Waals surface area contributed by atoms with Crippen molar-refractivity contribution in [2.75, 3.05) is 20.8 Å². The smallest absolute Gasteiger partial charge is 0.272 e. The molecule has 0 spiro atoms. The number of aromatic nitrogens is 2. The van der Waals surface area contributed by atoms with Crippen LogP contribution >= 0.6 is 23.6 Å². The maximum Gasteiger partial charge on any atom is 0.272 e. The summed E-state index contributed by atoms with van der Waals surface area (Å²) in [6.45, 7) is 0.656. The Hall–Kier alpha value is -2.07. The number of rotatable bonds is 8. The van der Waals surface area contributed by atoms with Crippen molar-refractivity contribution in [3.8, 4) is 0 Å². The highest BCUT2D eigenvalue weighted by Gasteiger charge is 2.12. The van der Waals surface area contributed by atoms with Gasteiger partial charge >= 0.3 is 0 Å². The largest absolute Gasteiger partial charge is 0.354 e. The van der Waals surface area contributed by atoms with Crippen molar-refractivity contribution in [2.45, 2.75) is 25.7 Å². The Morgan fingerprint density at radius 3 is 2.81 bits per heavy atom. The third kappa shape index (κ3) is 4.27. The van der Waals surface area contributed by atoms with Crippen LogP contribution in [0.2, 0.25) is 0 Å². The predicted octanol–water partition coefficient (Wildman–Crippen LogP) is 2.79. The topological polar surface area (TPSA) is 85.4 Å². The molecule has 2 heterocycles. The Kier molecular flexibility index (Phi) is 6.38. The highest BCUT2D eigenvalue weighted by Crippen LogP contribution is 2.29. The number of fused-ring (bicyclic) bond motifs is 3. The van der Waals surface area contributed by atoms with Crippen LogP contribution in [0, 0.1) is 4.77 Å². The van der Waals surface area contributed by atoms with E-state index in [-0.39, 0.29) is 24.4 Å². The van der Waals surface area contributed by atoms with Crippen LogP contribution in [0.25, 0.3) is 20.3 Å². The second-order valence-electron chi connectivity index (χ2n) is 6.00. The van der Waals surface area contributed by atoms with Crippen LogP contribution in [-0.2, 0) is 20.8 Å². The molecule has 3 rings (SSSR count). The fourth-order valence-corrected chi connectivity index (χ4v) is 4.24. The molecule has 0 unspecified atom stereocenters. The minimum atomic E-state index is -0.471. The van der Waals surface area contributed by atoms with Crippen LogP contribution in [0.3, 0.4) is 0 Å². The molecule has 0 aliphatic rings. The van der Waals surface area contributed by atoms with Gasteiger partial charge in [-0.1, -0.05) is 18.2 Å². The van der Waals surface area contributed by atoms with Crippen molar-refractivity contribution in [2.24, 2.45) is 0 Å². The first kappa shape index (κ1) is 19.7. The highest BCUT2D eigenvalue weighted by atomic mass is 32.1. The van der Waals surface area contributed by atoms with Crippen LogP contribution in [0.1, 0.15) is 12.8 Å². The minimum Gasteiger partial charge on any atom is -0.354 e. The average molecular weight is 408 g/mol. The zero-order valence-electron chi connectivity index (χ0n) is 15.1. The molecule has 1 amide bonds. The normalized spacial score (nSPS) is 11.5. The number of methoxy groups -OCH3 is 2. The molecule has 27 heavy (non-hydrogen) atoms. The number of H-pyrrole nitrogens is 1. The number of aromatic amines is 1. The first-order chi connectivity index (χ1) is 13.0. The van der Waals surface area contributed by atoms with Gasteiger partial charge in [0, 0.05) is 37.3 Å². The molecule has 0 radical (unpaired) electrons. The van der Waals surface area contributed by atoms with Gasteiger partial charge in [0.05, 0.1) is 12.1 Å². The molecule has 0 saturated heterocycles. The Morgan fingerprint density at radius 2 is 2.07 bits per heavy atom. The van der Waals surface area contributed by atoms with Crippen molar-refractivity contribution in [3.63, 3.8) is 0 Å². The molecule has 2 N–H and O–H groups in total. The monoisotopic (exact) mass is 407 g/mol. The minimum absolute atomic E-state index is 0.116. The maximum absolute atomic E-state index is 12.8. The zero-order valence-corrected chi connectivity index (χ0v) is 16.7. The van der Waals surface area contributed by atoms with Crippen LogP contribution in [0.5, 0.6) is 0 Å². The SMILES string of the molecule is COC(CNC(=O)CCCn1c(=S)[nH]c2c(sc3ccccc32)c1=O)OC. The molecule has 0 saturated carbocycles. The summed E-state index contributed by atoms with van der Waals surface area (Å²) < 4.78 is 13.6. The van der Waals surface area contributed by atoms with E-state index in [1.54, 1.807) is 0 Å². The summed E-state index contributed by atoms with van der Waals surface area (Å²) in [4.78, 5) is 27.9. The van der Waals surface area contributed by atoms with Gasteiger partial charge in [0.1, 0.15) is 4.70 Å². The number of hydrogen-bond donors (Lipinski definition) is 2. The number of nitrogens with one attached hydrogen (secondary N) is 2. The van der Waals surface area contributed by atoms with Gasteiger partial charge in [0.15, 0.2) is 11.1 Å². The number of benzene rings is 1. The number of hydrogen-bond acceptors (Lipinski definition) is 6. The van der Waals surface area contributed by atoms with Gasteiger partial charge in [-0.2, -0.15) is 0 Å². The molecule has 0 aliphatic carbocycles. The standard InChI is InChI=1S/C18H21N3O4S2/c1-24-14(25-2)10-19-13(22)8-5-9-21-17(23)16-15(20-18(21)26)11-6-3-4-7-12(11)27-16/h3-4,6-7,14H,5,8-10H2,1-2H3,(H,19,22)(H,20,26). The maximum atomic E-state index is 12.8. The first-order valence-electron chi connectivity index (χ1n) is 8.51. The molecule has 1 aromatic carbocycles. The number of amides is 1. The molecule has 144 valence electrons. The Labute approximate surface area is 164 Å².